The monoisotopic (exact) mass is 572 g/mol. The molecule has 5 aromatic heterocycles. The maximum Gasteiger partial charge on any atom is 0.145 e. The van der Waals surface area contributed by atoms with E-state index in [0.29, 0.717) is 0 Å². The van der Waals surface area contributed by atoms with Crippen LogP contribution in [-0.2, 0) is 0 Å². The third-order valence-electron chi connectivity index (χ3n) is 9.79. The van der Waals surface area contributed by atoms with Crippen LogP contribution in [0.25, 0.3) is 93.2 Å². The molecule has 0 unspecified atom stereocenters. The Bertz CT molecular complexity index is 2940. The first-order valence-corrected chi connectivity index (χ1v) is 15.4. The van der Waals surface area contributed by atoms with Gasteiger partial charge >= 0.3 is 0 Å². The van der Waals surface area contributed by atoms with Crippen molar-refractivity contribution in [1.29, 1.82) is 0 Å². The lowest BCUT2D eigenvalue weighted by atomic mass is 10.0. The molecule has 0 spiro atoms. The Morgan fingerprint density at radius 1 is 0.378 bits per heavy atom. The predicted octanol–water partition coefficient (Wildman–Crippen LogP) is 10.4. The topological polar surface area (TPSA) is 27.2 Å². The van der Waals surface area contributed by atoms with Crippen LogP contribution in [-0.4, -0.2) is 18.5 Å². The molecule has 0 aliphatic heterocycles. The molecule has 0 radical (unpaired) electrons. The van der Waals surface area contributed by atoms with E-state index in [1.54, 1.807) is 0 Å². The molecule has 0 saturated carbocycles. The highest BCUT2D eigenvalue weighted by molar-refractivity contribution is 6.35. The fourth-order valence-corrected chi connectivity index (χ4v) is 8.07. The van der Waals surface area contributed by atoms with Gasteiger partial charge in [0.2, 0.25) is 0 Å². The van der Waals surface area contributed by atoms with Crippen molar-refractivity contribution in [3.63, 3.8) is 0 Å². The van der Waals surface area contributed by atoms with Gasteiger partial charge < -0.3 is 8.97 Å². The average molecular weight is 573 g/mol. The molecular formula is C41H24N4. The van der Waals surface area contributed by atoms with Crippen molar-refractivity contribution in [3.8, 4) is 11.4 Å². The van der Waals surface area contributed by atoms with E-state index >= 15 is 0 Å². The molecule has 4 nitrogen and oxygen atoms in total. The number of para-hydroxylation sites is 4. The van der Waals surface area contributed by atoms with Gasteiger partial charge in [-0.2, -0.15) is 0 Å². The van der Waals surface area contributed by atoms with E-state index < -0.39 is 0 Å². The Kier molecular flexibility index (Phi) is 4.29. The summed E-state index contributed by atoms with van der Waals surface area (Å²) in [6.45, 7) is 0. The number of hydrogen-bond acceptors (Lipinski definition) is 1. The van der Waals surface area contributed by atoms with Crippen LogP contribution >= 0.6 is 0 Å². The minimum Gasteiger partial charge on any atom is -0.309 e. The van der Waals surface area contributed by atoms with Crippen LogP contribution in [0.3, 0.4) is 0 Å². The number of pyridine rings is 1. The summed E-state index contributed by atoms with van der Waals surface area (Å²) in [6.07, 6.45) is 1.89. The summed E-state index contributed by atoms with van der Waals surface area (Å²) in [6, 6.07) is 50.7. The smallest absolute Gasteiger partial charge is 0.145 e. The normalized spacial score (nSPS) is 12.4. The van der Waals surface area contributed by atoms with Crippen LogP contribution in [0.1, 0.15) is 0 Å². The van der Waals surface area contributed by atoms with E-state index in [9.17, 15) is 0 Å². The second kappa shape index (κ2) is 8.28. The van der Waals surface area contributed by atoms with Gasteiger partial charge in [-0.05, 0) is 60.7 Å². The zero-order valence-electron chi connectivity index (χ0n) is 24.1. The lowest BCUT2D eigenvalue weighted by Gasteiger charge is -2.12. The van der Waals surface area contributed by atoms with Crippen molar-refractivity contribution < 1.29 is 0 Å². The molecule has 208 valence electrons. The summed E-state index contributed by atoms with van der Waals surface area (Å²) in [5, 5.41) is 10.1. The molecule has 5 heterocycles. The quantitative estimate of drug-likeness (QED) is 0.202. The highest BCUT2D eigenvalue weighted by atomic mass is 15.1. The summed E-state index contributed by atoms with van der Waals surface area (Å²) in [7, 11) is 0. The van der Waals surface area contributed by atoms with Gasteiger partial charge in [-0.25, -0.2) is 4.98 Å². The van der Waals surface area contributed by atoms with Gasteiger partial charge in [0, 0.05) is 60.7 Å². The molecule has 0 atom stereocenters. The van der Waals surface area contributed by atoms with E-state index in [1.807, 2.05) is 12.3 Å². The fraction of sp³-hybridized carbons (Fsp3) is 0. The SMILES string of the molecule is c1cc(-n2c3ccccc3c3c4c5ccccc5n5c6ccccc6c(cc32)c45)cc(-n2c3ccccc3c3cccnc32)c1. The average Bonchev–Trinajstić information content (AvgIpc) is 3.82. The van der Waals surface area contributed by atoms with Crippen molar-refractivity contribution in [2.75, 3.05) is 0 Å². The Hall–Kier alpha value is -6.13. The molecule has 0 N–H and O–H groups in total. The van der Waals surface area contributed by atoms with Gasteiger partial charge in [-0.15, -0.1) is 0 Å². The van der Waals surface area contributed by atoms with Crippen LogP contribution in [0.2, 0.25) is 0 Å². The molecule has 6 aromatic carbocycles. The molecule has 0 bridgehead atoms. The fourth-order valence-electron chi connectivity index (χ4n) is 8.07. The largest absolute Gasteiger partial charge is 0.309 e. The maximum absolute atomic E-state index is 4.85. The van der Waals surface area contributed by atoms with Crippen LogP contribution in [0, 0.1) is 0 Å². The first-order chi connectivity index (χ1) is 22.4. The molecule has 4 heteroatoms. The van der Waals surface area contributed by atoms with Crippen LogP contribution in [0.15, 0.2) is 146 Å². The summed E-state index contributed by atoms with van der Waals surface area (Å²) in [4.78, 5) is 4.85. The van der Waals surface area contributed by atoms with Gasteiger partial charge in [0.15, 0.2) is 0 Å². The highest BCUT2D eigenvalue weighted by Gasteiger charge is 2.24. The van der Waals surface area contributed by atoms with Gasteiger partial charge in [-0.1, -0.05) is 78.9 Å². The Morgan fingerprint density at radius 2 is 0.933 bits per heavy atom. The van der Waals surface area contributed by atoms with Gasteiger partial charge in [-0.3, -0.25) is 4.57 Å². The minimum atomic E-state index is 0.970. The van der Waals surface area contributed by atoms with Crippen molar-refractivity contribution in [3.05, 3.63) is 146 Å². The van der Waals surface area contributed by atoms with Gasteiger partial charge in [0.1, 0.15) is 5.65 Å². The van der Waals surface area contributed by atoms with E-state index in [2.05, 4.69) is 147 Å². The van der Waals surface area contributed by atoms with Crippen molar-refractivity contribution in [1.82, 2.24) is 18.5 Å². The molecule has 0 fully saturated rings. The maximum atomic E-state index is 4.85. The van der Waals surface area contributed by atoms with Crippen LogP contribution < -0.4 is 0 Å². The number of hydrogen-bond donors (Lipinski definition) is 0. The Morgan fingerprint density at radius 3 is 1.69 bits per heavy atom. The summed E-state index contributed by atoms with van der Waals surface area (Å²) in [5.41, 5.74) is 10.6. The second-order valence-electron chi connectivity index (χ2n) is 12.0. The highest BCUT2D eigenvalue weighted by Crippen LogP contribution is 2.46. The minimum absolute atomic E-state index is 0.970. The van der Waals surface area contributed by atoms with Crippen LogP contribution in [0.4, 0.5) is 0 Å². The molecule has 0 aliphatic carbocycles. The number of nitrogens with zero attached hydrogens (tertiary/aromatic N) is 4. The summed E-state index contributed by atoms with van der Waals surface area (Å²) >= 11 is 0. The standard InChI is InChI=1S/C41H24N4/c1-5-18-33-27(13-1)29-17-10-22-42-41(29)44(33)26-12-9-11-25(23-26)43-35-20-7-3-15-30(35)38-37(43)24-32-28-14-2-6-19-34(28)45-36-21-8-4-16-31(36)39(38)40(32)45/h1-24H. The lowest BCUT2D eigenvalue weighted by Crippen LogP contribution is -1.99. The molecule has 0 aliphatic rings. The Balaban J connectivity index is 1.31. The number of fused-ring (bicyclic) bond motifs is 13. The third-order valence-corrected chi connectivity index (χ3v) is 9.79. The second-order valence-corrected chi connectivity index (χ2v) is 12.0. The van der Waals surface area contributed by atoms with E-state index in [-0.39, 0.29) is 0 Å². The van der Waals surface area contributed by atoms with E-state index in [0.717, 1.165) is 27.9 Å². The van der Waals surface area contributed by atoms with Gasteiger partial charge in [0.25, 0.3) is 0 Å². The number of benzene rings is 6. The van der Waals surface area contributed by atoms with Crippen molar-refractivity contribution in [2.45, 2.75) is 0 Å². The molecule has 0 amide bonds. The van der Waals surface area contributed by atoms with Gasteiger partial charge in [0.05, 0.1) is 33.1 Å². The number of aromatic nitrogens is 4. The summed E-state index contributed by atoms with van der Waals surface area (Å²) in [5.74, 6) is 0. The zero-order valence-corrected chi connectivity index (χ0v) is 24.1. The van der Waals surface area contributed by atoms with E-state index in [1.165, 1.54) is 65.3 Å². The van der Waals surface area contributed by atoms with Crippen molar-refractivity contribution in [2.24, 2.45) is 0 Å². The molecule has 11 aromatic rings. The third kappa shape index (κ3) is 2.84. The molecule has 11 rings (SSSR count). The van der Waals surface area contributed by atoms with E-state index in [4.69, 9.17) is 4.98 Å². The predicted molar refractivity (Wildman–Crippen MR) is 188 cm³/mol. The lowest BCUT2D eigenvalue weighted by molar-refractivity contribution is 1.11. The molecular weight excluding hydrogens is 548 g/mol. The van der Waals surface area contributed by atoms with Crippen LogP contribution in [0.5, 0.6) is 0 Å². The summed E-state index contributed by atoms with van der Waals surface area (Å²) < 4.78 is 7.22. The number of rotatable bonds is 2. The Labute approximate surface area is 256 Å². The first-order valence-electron chi connectivity index (χ1n) is 15.4. The zero-order chi connectivity index (χ0) is 29.2. The van der Waals surface area contributed by atoms with Crippen molar-refractivity contribution >= 4 is 81.8 Å². The molecule has 0 saturated heterocycles. The first kappa shape index (κ1) is 23.3. The molecule has 45 heavy (non-hydrogen) atoms.